The van der Waals surface area contributed by atoms with Gasteiger partial charge in [-0.2, -0.15) is 16.8 Å². The van der Waals surface area contributed by atoms with Crippen molar-refractivity contribution in [1.82, 2.24) is 9.97 Å². The first-order valence-corrected chi connectivity index (χ1v) is 19.3. The van der Waals surface area contributed by atoms with Crippen LogP contribution in [0.5, 0.6) is 23.0 Å². The molecule has 2 aromatic heterocycles. The Labute approximate surface area is 320 Å². The van der Waals surface area contributed by atoms with Crippen LogP contribution in [0.3, 0.4) is 0 Å². The van der Waals surface area contributed by atoms with Gasteiger partial charge in [0, 0.05) is 33.3 Å². The fraction of sp³-hybridized carbons (Fsp3) is 0.158. The predicted octanol–water partition coefficient (Wildman–Crippen LogP) is 6.10. The van der Waals surface area contributed by atoms with Crippen molar-refractivity contribution >= 4 is 65.2 Å². The van der Waals surface area contributed by atoms with E-state index in [9.17, 15) is 35.5 Å². The van der Waals surface area contributed by atoms with E-state index in [2.05, 4.69) is 20.6 Å². The van der Waals surface area contributed by atoms with Gasteiger partial charge in [-0.1, -0.05) is 12.1 Å². The summed E-state index contributed by atoms with van der Waals surface area (Å²) in [7, 11) is -4.32. The Kier molecular flexibility index (Phi) is 10.6. The van der Waals surface area contributed by atoms with Crippen molar-refractivity contribution in [3.05, 3.63) is 95.3 Å². The molecule has 2 amide bonds. The molecule has 0 fully saturated rings. The molecule has 16 nitrogen and oxygen atoms in total. The SMILES string of the molecule is COc1ccc(OC)c2nc(C)c(C(=O)Nc3ccc(-c4ccc(NC(=O)c5nc6c(OC)ccc(OC)c6cc5C)cc4S(=O)(=O)O)c(S(=O)(=O)O)c3)cc12. The lowest BCUT2D eigenvalue weighted by molar-refractivity contribution is 0.101. The van der Waals surface area contributed by atoms with Crippen LogP contribution in [0.15, 0.2) is 82.6 Å². The molecule has 18 heteroatoms. The standard InChI is InChI=1S/C38H34N4O12S2/c1-19-15-26-28(51-3)11-14-31(54-6)36(26)42-34(19)38(44)41-22-8-10-24(33(17-22)56(48,49)50)23-9-7-21(16-32(23)55(45,46)47)40-37(43)25-18-27-29(52-4)12-13-30(53-5)35(27)39-20(25)2/h7-18H,1-6H3,(H,40,43)(H,41,44)(H,45,46,47)(H,48,49,50). The Morgan fingerprint density at radius 3 is 1.46 bits per heavy atom. The van der Waals surface area contributed by atoms with Gasteiger partial charge in [-0.25, -0.2) is 9.97 Å². The number of benzene rings is 4. The second-order valence-electron chi connectivity index (χ2n) is 12.3. The van der Waals surface area contributed by atoms with Gasteiger partial charge >= 0.3 is 0 Å². The normalized spacial score (nSPS) is 11.6. The quantitative estimate of drug-likeness (QED) is 0.109. The molecular weight excluding hydrogens is 769 g/mol. The smallest absolute Gasteiger partial charge is 0.295 e. The maximum Gasteiger partial charge on any atom is 0.295 e. The molecule has 0 radical (unpaired) electrons. The number of aryl methyl sites for hydroxylation is 2. The van der Waals surface area contributed by atoms with E-state index >= 15 is 0 Å². The molecule has 6 aromatic rings. The average molecular weight is 803 g/mol. The average Bonchev–Trinajstić information content (AvgIpc) is 3.15. The summed E-state index contributed by atoms with van der Waals surface area (Å²) in [5.41, 5.74) is 0.745. The van der Waals surface area contributed by atoms with Gasteiger partial charge in [0.25, 0.3) is 32.1 Å². The number of hydrogen-bond donors (Lipinski definition) is 4. The molecule has 0 bridgehead atoms. The van der Waals surface area contributed by atoms with E-state index in [0.717, 1.165) is 24.3 Å². The van der Waals surface area contributed by atoms with Gasteiger partial charge in [-0.05, 0) is 80.1 Å². The third-order valence-corrected chi connectivity index (χ3v) is 10.6. The molecule has 0 spiro atoms. The number of hydrogen-bond acceptors (Lipinski definition) is 12. The molecule has 0 unspecified atom stereocenters. The number of anilines is 2. The maximum absolute atomic E-state index is 13.5. The first kappa shape index (κ1) is 39.4. The Balaban J connectivity index is 1.36. The lowest BCUT2D eigenvalue weighted by Crippen LogP contribution is -2.16. The summed E-state index contributed by atoms with van der Waals surface area (Å²) in [5.74, 6) is 0.303. The van der Waals surface area contributed by atoms with E-state index in [4.69, 9.17) is 18.9 Å². The number of methoxy groups -OCH3 is 4. The Morgan fingerprint density at radius 2 is 1.00 bits per heavy atom. The number of nitrogens with zero attached hydrogens (tertiary/aromatic N) is 2. The fourth-order valence-corrected chi connectivity index (χ4v) is 7.68. The highest BCUT2D eigenvalue weighted by atomic mass is 32.2. The third kappa shape index (κ3) is 7.50. The van der Waals surface area contributed by atoms with Gasteiger partial charge in [0.1, 0.15) is 49.5 Å². The van der Waals surface area contributed by atoms with Gasteiger partial charge < -0.3 is 29.6 Å². The molecule has 2 heterocycles. The molecule has 4 aromatic carbocycles. The van der Waals surface area contributed by atoms with Crippen LogP contribution in [0.2, 0.25) is 0 Å². The number of pyridine rings is 2. The Hall–Kier alpha value is -6.34. The maximum atomic E-state index is 13.5. The van der Waals surface area contributed by atoms with Crippen LogP contribution < -0.4 is 29.6 Å². The highest BCUT2D eigenvalue weighted by Gasteiger charge is 2.26. The molecular formula is C38H34N4O12S2. The molecule has 0 atom stereocenters. The summed E-state index contributed by atoms with van der Waals surface area (Å²) in [6, 6.07) is 16.5. The van der Waals surface area contributed by atoms with Crippen LogP contribution in [0.4, 0.5) is 11.4 Å². The zero-order chi connectivity index (χ0) is 40.7. The van der Waals surface area contributed by atoms with E-state index in [1.807, 2.05) is 0 Å². The highest BCUT2D eigenvalue weighted by molar-refractivity contribution is 7.86. The van der Waals surface area contributed by atoms with Gasteiger partial charge in [-0.15, -0.1) is 0 Å². The van der Waals surface area contributed by atoms with E-state index in [1.54, 1.807) is 44.2 Å². The molecule has 0 aliphatic rings. The van der Waals surface area contributed by atoms with Crippen molar-refractivity contribution in [1.29, 1.82) is 0 Å². The summed E-state index contributed by atoms with van der Waals surface area (Å²) in [5, 5.41) is 6.19. The van der Waals surface area contributed by atoms with Crippen molar-refractivity contribution in [3.63, 3.8) is 0 Å². The first-order valence-electron chi connectivity index (χ1n) is 16.4. The largest absolute Gasteiger partial charge is 0.496 e. The van der Waals surface area contributed by atoms with Crippen LogP contribution in [-0.4, -0.2) is 76.2 Å². The van der Waals surface area contributed by atoms with Gasteiger partial charge in [0.15, 0.2) is 0 Å². The number of rotatable bonds is 11. The minimum Gasteiger partial charge on any atom is -0.496 e. The number of nitrogens with one attached hydrogen (secondary N) is 2. The van der Waals surface area contributed by atoms with Crippen LogP contribution >= 0.6 is 0 Å². The summed E-state index contributed by atoms with van der Waals surface area (Å²) in [6.07, 6.45) is 0. The summed E-state index contributed by atoms with van der Waals surface area (Å²) in [6.45, 7) is 3.24. The zero-order valence-electron chi connectivity index (χ0n) is 30.6. The predicted molar refractivity (Wildman–Crippen MR) is 207 cm³/mol. The summed E-state index contributed by atoms with van der Waals surface area (Å²) < 4.78 is 93.1. The molecule has 6 rings (SSSR count). The van der Waals surface area contributed by atoms with E-state index in [-0.39, 0.29) is 33.8 Å². The van der Waals surface area contributed by atoms with Crippen molar-refractivity contribution < 1.29 is 54.5 Å². The van der Waals surface area contributed by atoms with Gasteiger partial charge in [0.2, 0.25) is 0 Å². The summed E-state index contributed by atoms with van der Waals surface area (Å²) >= 11 is 0. The molecule has 0 aliphatic carbocycles. The Morgan fingerprint density at radius 1 is 0.571 bits per heavy atom. The number of ether oxygens (including phenoxy) is 4. The first-order chi connectivity index (χ1) is 26.5. The second-order valence-corrected chi connectivity index (χ2v) is 15.1. The van der Waals surface area contributed by atoms with Gasteiger partial charge in [0.05, 0.1) is 39.7 Å². The van der Waals surface area contributed by atoms with Crippen LogP contribution in [0, 0.1) is 13.8 Å². The van der Waals surface area contributed by atoms with Gasteiger partial charge in [-0.3, -0.25) is 18.7 Å². The minimum atomic E-state index is -5.09. The highest BCUT2D eigenvalue weighted by Crippen LogP contribution is 2.38. The zero-order valence-corrected chi connectivity index (χ0v) is 32.2. The minimum absolute atomic E-state index is 0.0265. The van der Waals surface area contributed by atoms with Crippen molar-refractivity contribution in [2.24, 2.45) is 0 Å². The van der Waals surface area contributed by atoms with Crippen LogP contribution in [0.25, 0.3) is 32.9 Å². The molecule has 0 saturated heterocycles. The molecule has 0 saturated carbocycles. The van der Waals surface area contributed by atoms with Crippen LogP contribution in [0.1, 0.15) is 32.1 Å². The summed E-state index contributed by atoms with van der Waals surface area (Å²) in [4.78, 5) is 34.4. The number of amides is 2. The lowest BCUT2D eigenvalue weighted by Gasteiger charge is -2.16. The monoisotopic (exact) mass is 802 g/mol. The lowest BCUT2D eigenvalue weighted by atomic mass is 10.0. The number of carbonyl (C=O) groups is 2. The van der Waals surface area contributed by atoms with Crippen molar-refractivity contribution in [3.8, 4) is 34.1 Å². The number of carbonyl (C=O) groups excluding carboxylic acids is 2. The molecule has 56 heavy (non-hydrogen) atoms. The second kappa shape index (κ2) is 15.1. The van der Waals surface area contributed by atoms with Crippen molar-refractivity contribution in [2.75, 3.05) is 39.1 Å². The Bertz CT molecular complexity index is 2630. The molecule has 0 aliphatic heterocycles. The topological polar surface area (TPSA) is 230 Å². The van der Waals surface area contributed by atoms with Crippen molar-refractivity contribution in [2.45, 2.75) is 23.6 Å². The molecule has 4 N–H and O–H groups in total. The van der Waals surface area contributed by atoms with E-state index in [0.29, 0.717) is 56.1 Å². The fourth-order valence-electron chi connectivity index (χ4n) is 6.22. The van der Waals surface area contributed by atoms with Crippen LogP contribution in [-0.2, 0) is 20.2 Å². The third-order valence-electron chi connectivity index (χ3n) is 8.86. The molecule has 290 valence electrons. The number of aromatic nitrogens is 2. The number of fused-ring (bicyclic) bond motifs is 2. The van der Waals surface area contributed by atoms with E-state index in [1.165, 1.54) is 46.6 Å². The van der Waals surface area contributed by atoms with E-state index < -0.39 is 41.8 Å².